The molecule has 0 aliphatic carbocycles. The molecular weight excluding hydrogens is 361 g/mol. The van der Waals surface area contributed by atoms with Crippen molar-refractivity contribution >= 4 is 17.4 Å². The minimum atomic E-state index is -0.328. The minimum absolute atomic E-state index is 0.149. The van der Waals surface area contributed by atoms with Crippen LogP contribution in [-0.2, 0) is 4.79 Å². The molecule has 1 amide bonds. The lowest BCUT2D eigenvalue weighted by Crippen LogP contribution is -2.25. The summed E-state index contributed by atoms with van der Waals surface area (Å²) in [5.41, 5.74) is 3.00. The van der Waals surface area contributed by atoms with E-state index in [0.29, 0.717) is 23.1 Å². The number of nitrogens with zero attached hydrogens (tertiary/aromatic N) is 6. The first-order chi connectivity index (χ1) is 13.5. The van der Waals surface area contributed by atoms with Crippen LogP contribution >= 0.6 is 0 Å². The van der Waals surface area contributed by atoms with Crippen molar-refractivity contribution < 1.29 is 9.18 Å². The molecule has 1 aromatic carbocycles. The summed E-state index contributed by atoms with van der Waals surface area (Å²) >= 11 is 0. The summed E-state index contributed by atoms with van der Waals surface area (Å²) in [4.78, 5) is 12.4. The van der Waals surface area contributed by atoms with Gasteiger partial charge in [-0.25, -0.2) is 4.39 Å². The van der Waals surface area contributed by atoms with Gasteiger partial charge in [-0.2, -0.15) is 14.3 Å². The highest BCUT2D eigenvalue weighted by Gasteiger charge is 2.33. The summed E-state index contributed by atoms with van der Waals surface area (Å²) in [5, 5.41) is 20.1. The van der Waals surface area contributed by atoms with E-state index in [0.717, 1.165) is 16.8 Å². The Bertz CT molecular complexity index is 1240. The number of hydrogen-bond donors (Lipinski definition) is 1. The van der Waals surface area contributed by atoms with E-state index >= 15 is 0 Å². The fourth-order valence-electron chi connectivity index (χ4n) is 3.72. The van der Waals surface area contributed by atoms with Crippen LogP contribution in [0.5, 0.6) is 0 Å². The maximum atomic E-state index is 13.8. The van der Waals surface area contributed by atoms with Crippen LogP contribution in [-0.4, -0.2) is 35.5 Å². The number of benzene rings is 1. The van der Waals surface area contributed by atoms with Crippen molar-refractivity contribution in [3.05, 3.63) is 64.9 Å². The molecule has 0 radical (unpaired) electrons. The lowest BCUT2D eigenvalue weighted by atomic mass is 9.86. The molecule has 1 N–H and O–H groups in total. The second-order valence-corrected chi connectivity index (χ2v) is 6.83. The van der Waals surface area contributed by atoms with Crippen molar-refractivity contribution in [3.8, 4) is 5.82 Å². The normalized spacial score (nSPS) is 16.2. The highest BCUT2D eigenvalue weighted by molar-refractivity contribution is 5.95. The molecular formula is C19H16FN7O. The average Bonchev–Trinajstić information content (AvgIpc) is 3.21. The number of anilines is 1. The number of amides is 1. The van der Waals surface area contributed by atoms with Gasteiger partial charge in [0.25, 0.3) is 0 Å². The van der Waals surface area contributed by atoms with E-state index in [1.807, 2.05) is 19.9 Å². The van der Waals surface area contributed by atoms with Crippen LogP contribution in [0.4, 0.5) is 10.2 Å². The summed E-state index contributed by atoms with van der Waals surface area (Å²) in [7, 11) is 0. The van der Waals surface area contributed by atoms with Crippen molar-refractivity contribution in [2.45, 2.75) is 26.2 Å². The first kappa shape index (κ1) is 16.5. The lowest BCUT2D eigenvalue weighted by molar-refractivity contribution is -0.116. The molecule has 3 aromatic heterocycles. The Hall–Kier alpha value is -3.62. The Morgan fingerprint density at radius 2 is 2.00 bits per heavy atom. The molecule has 0 spiro atoms. The van der Waals surface area contributed by atoms with Gasteiger partial charge in [-0.1, -0.05) is 12.1 Å². The number of carbonyl (C=O) groups excluding carboxylic acids is 1. The zero-order chi connectivity index (χ0) is 19.4. The summed E-state index contributed by atoms with van der Waals surface area (Å²) in [6, 6.07) is 9.91. The molecule has 1 aliphatic heterocycles. The van der Waals surface area contributed by atoms with E-state index < -0.39 is 0 Å². The number of carbonyl (C=O) groups is 1. The topological polar surface area (TPSA) is 90.0 Å². The van der Waals surface area contributed by atoms with E-state index in [9.17, 15) is 9.18 Å². The zero-order valence-corrected chi connectivity index (χ0v) is 15.2. The fraction of sp³-hybridized carbons (Fsp3) is 0.211. The van der Waals surface area contributed by atoms with Gasteiger partial charge >= 0.3 is 0 Å². The summed E-state index contributed by atoms with van der Waals surface area (Å²) in [6.07, 6.45) is 0.236. The smallest absolute Gasteiger partial charge is 0.226 e. The number of aryl methyl sites for hydroxylation is 2. The Balaban J connectivity index is 1.69. The Morgan fingerprint density at radius 3 is 2.82 bits per heavy atom. The predicted molar refractivity (Wildman–Crippen MR) is 98.9 cm³/mol. The monoisotopic (exact) mass is 377 g/mol. The average molecular weight is 377 g/mol. The van der Waals surface area contributed by atoms with Crippen LogP contribution in [0.3, 0.4) is 0 Å². The molecule has 140 valence electrons. The molecule has 1 atom stereocenters. The van der Waals surface area contributed by atoms with Crippen molar-refractivity contribution in [2.75, 3.05) is 5.32 Å². The standard InChI is InChI=1S/C19H16FN7O/c1-10-18-14(12-4-3-5-13(20)8-12)9-17(28)21-19(18)27(24-10)16-7-6-15-23-22-11(2)26(15)25-16/h3-8,14H,9H2,1-2H3,(H,21,28). The van der Waals surface area contributed by atoms with Crippen LogP contribution in [0.2, 0.25) is 0 Å². The number of halogens is 1. The quantitative estimate of drug-likeness (QED) is 0.580. The second-order valence-electron chi connectivity index (χ2n) is 6.83. The van der Waals surface area contributed by atoms with E-state index in [-0.39, 0.29) is 24.1 Å². The third-order valence-corrected chi connectivity index (χ3v) is 4.98. The van der Waals surface area contributed by atoms with Crippen molar-refractivity contribution in [3.63, 3.8) is 0 Å². The van der Waals surface area contributed by atoms with Crippen molar-refractivity contribution in [1.29, 1.82) is 0 Å². The number of rotatable bonds is 2. The van der Waals surface area contributed by atoms with Gasteiger partial charge in [0.1, 0.15) is 11.6 Å². The molecule has 4 heterocycles. The lowest BCUT2D eigenvalue weighted by Gasteiger charge is -2.24. The molecule has 9 heteroatoms. The largest absolute Gasteiger partial charge is 0.310 e. The molecule has 1 aliphatic rings. The molecule has 4 aromatic rings. The summed E-state index contributed by atoms with van der Waals surface area (Å²) < 4.78 is 17.0. The highest BCUT2D eigenvalue weighted by atomic mass is 19.1. The number of fused-ring (bicyclic) bond motifs is 2. The van der Waals surface area contributed by atoms with Gasteiger partial charge < -0.3 is 5.32 Å². The first-order valence-corrected chi connectivity index (χ1v) is 8.85. The minimum Gasteiger partial charge on any atom is -0.310 e. The third kappa shape index (κ3) is 2.47. The second kappa shape index (κ2) is 5.95. The molecule has 0 fully saturated rings. The highest BCUT2D eigenvalue weighted by Crippen LogP contribution is 2.40. The molecule has 28 heavy (non-hydrogen) atoms. The summed E-state index contributed by atoms with van der Waals surface area (Å²) in [5.74, 6) is 0.986. The Labute approximate surface area is 159 Å². The van der Waals surface area contributed by atoms with Gasteiger partial charge in [0.15, 0.2) is 17.3 Å². The fourth-order valence-corrected chi connectivity index (χ4v) is 3.72. The SMILES string of the molecule is Cc1nn(-c2ccc3nnc(C)n3n2)c2c1C(c1cccc(F)c1)CC(=O)N2. The van der Waals surface area contributed by atoms with Gasteiger partial charge in [0.05, 0.1) is 5.69 Å². The molecule has 0 bridgehead atoms. The zero-order valence-electron chi connectivity index (χ0n) is 15.2. The molecule has 1 unspecified atom stereocenters. The van der Waals surface area contributed by atoms with Crippen molar-refractivity contribution in [2.24, 2.45) is 0 Å². The van der Waals surface area contributed by atoms with E-state index in [4.69, 9.17) is 0 Å². The number of hydrogen-bond acceptors (Lipinski definition) is 5. The van der Waals surface area contributed by atoms with E-state index in [1.54, 1.807) is 27.4 Å². The van der Waals surface area contributed by atoms with Crippen LogP contribution in [0.15, 0.2) is 36.4 Å². The predicted octanol–water partition coefficient (Wildman–Crippen LogP) is 2.54. The van der Waals surface area contributed by atoms with Crippen LogP contribution in [0.25, 0.3) is 11.5 Å². The summed E-state index contributed by atoms with van der Waals surface area (Å²) in [6.45, 7) is 3.68. The Morgan fingerprint density at radius 1 is 1.14 bits per heavy atom. The van der Waals surface area contributed by atoms with Crippen LogP contribution < -0.4 is 5.32 Å². The van der Waals surface area contributed by atoms with E-state index in [1.165, 1.54) is 12.1 Å². The van der Waals surface area contributed by atoms with Crippen LogP contribution in [0, 0.1) is 19.7 Å². The van der Waals surface area contributed by atoms with Gasteiger partial charge in [-0.15, -0.1) is 15.3 Å². The number of nitrogens with one attached hydrogen (secondary N) is 1. The first-order valence-electron chi connectivity index (χ1n) is 8.85. The van der Waals surface area contributed by atoms with Gasteiger partial charge in [-0.05, 0) is 43.7 Å². The third-order valence-electron chi connectivity index (χ3n) is 4.98. The number of aromatic nitrogens is 6. The van der Waals surface area contributed by atoms with Gasteiger partial charge in [-0.3, -0.25) is 4.79 Å². The van der Waals surface area contributed by atoms with E-state index in [2.05, 4.69) is 25.7 Å². The molecule has 8 nitrogen and oxygen atoms in total. The van der Waals surface area contributed by atoms with Crippen LogP contribution in [0.1, 0.15) is 35.0 Å². The molecule has 5 rings (SSSR count). The Kier molecular flexibility index (Phi) is 3.51. The maximum Gasteiger partial charge on any atom is 0.226 e. The molecule has 0 saturated heterocycles. The maximum absolute atomic E-state index is 13.8. The van der Waals surface area contributed by atoms with Gasteiger partial charge in [0, 0.05) is 17.9 Å². The molecule has 0 saturated carbocycles. The van der Waals surface area contributed by atoms with Crippen molar-refractivity contribution in [1.82, 2.24) is 29.6 Å². The van der Waals surface area contributed by atoms with Gasteiger partial charge in [0.2, 0.25) is 5.91 Å².